The first kappa shape index (κ1) is 8.91. The van der Waals surface area contributed by atoms with Crippen molar-refractivity contribution in [3.8, 4) is 6.07 Å². The van der Waals surface area contributed by atoms with Crippen LogP contribution in [-0.4, -0.2) is 4.98 Å². The predicted octanol–water partition coefficient (Wildman–Crippen LogP) is 1.66. The molecule has 1 rings (SSSR count). The van der Waals surface area contributed by atoms with E-state index in [-0.39, 0.29) is 6.04 Å². The first-order valence-corrected chi connectivity index (χ1v) is 3.96. The van der Waals surface area contributed by atoms with Crippen LogP contribution in [0, 0.1) is 16.0 Å². The lowest BCUT2D eigenvalue weighted by atomic mass is 10.1. The zero-order valence-electron chi connectivity index (χ0n) is 6.45. The van der Waals surface area contributed by atoms with Gasteiger partial charge in [0, 0.05) is 17.8 Å². The summed E-state index contributed by atoms with van der Waals surface area (Å²) in [6.07, 6.45) is 2.03. The molecular formula is C8H9N3S. The van der Waals surface area contributed by atoms with Crippen molar-refractivity contribution in [3.05, 3.63) is 28.5 Å². The fourth-order valence-electron chi connectivity index (χ4n) is 0.935. The van der Waals surface area contributed by atoms with Gasteiger partial charge in [-0.3, -0.25) is 0 Å². The number of H-pyrrole nitrogens is 1. The molecule has 1 heterocycles. The second-order valence-corrected chi connectivity index (χ2v) is 2.83. The second-order valence-electron chi connectivity index (χ2n) is 2.42. The predicted molar refractivity (Wildman–Crippen MR) is 48.8 cm³/mol. The maximum Gasteiger partial charge on any atom is 0.108 e. The van der Waals surface area contributed by atoms with Crippen LogP contribution >= 0.6 is 12.2 Å². The van der Waals surface area contributed by atoms with Gasteiger partial charge in [0.15, 0.2) is 0 Å². The number of nitrogens with two attached hydrogens (primary N) is 1. The molecule has 0 spiro atoms. The maximum atomic E-state index is 8.41. The lowest BCUT2D eigenvalue weighted by molar-refractivity contribution is 0.741. The number of nitriles is 1. The van der Waals surface area contributed by atoms with Gasteiger partial charge in [-0.25, -0.2) is 0 Å². The van der Waals surface area contributed by atoms with Crippen LogP contribution < -0.4 is 5.73 Å². The van der Waals surface area contributed by atoms with Crippen molar-refractivity contribution in [2.75, 3.05) is 0 Å². The number of aromatic amines is 1. The Bertz CT molecular complexity index is 350. The molecule has 3 N–H and O–H groups in total. The minimum Gasteiger partial charge on any atom is -0.353 e. The molecule has 0 aliphatic carbocycles. The van der Waals surface area contributed by atoms with Crippen LogP contribution in [0.4, 0.5) is 0 Å². The third-order valence-electron chi connectivity index (χ3n) is 1.56. The van der Waals surface area contributed by atoms with E-state index in [0.29, 0.717) is 11.1 Å². The molecule has 0 fully saturated rings. The highest BCUT2D eigenvalue weighted by molar-refractivity contribution is 7.71. The molecule has 0 saturated heterocycles. The molecule has 4 heteroatoms. The van der Waals surface area contributed by atoms with Crippen LogP contribution in [0.15, 0.2) is 18.3 Å². The minimum absolute atomic E-state index is 0.278. The minimum atomic E-state index is -0.278. The van der Waals surface area contributed by atoms with E-state index in [1.54, 1.807) is 6.20 Å². The second kappa shape index (κ2) is 4.00. The summed E-state index contributed by atoms with van der Waals surface area (Å²) in [5.74, 6) is 0. The Morgan fingerprint density at radius 2 is 2.50 bits per heavy atom. The molecule has 0 unspecified atom stereocenters. The fourth-order valence-corrected chi connectivity index (χ4v) is 1.22. The maximum absolute atomic E-state index is 8.41. The zero-order valence-corrected chi connectivity index (χ0v) is 7.27. The van der Waals surface area contributed by atoms with E-state index < -0.39 is 0 Å². The molecule has 0 amide bonds. The fraction of sp³-hybridized carbons (Fsp3) is 0.250. The van der Waals surface area contributed by atoms with Crippen LogP contribution in [0.1, 0.15) is 18.0 Å². The third-order valence-corrected chi connectivity index (χ3v) is 1.91. The number of pyridine rings is 1. The Balaban J connectivity index is 2.97. The highest BCUT2D eigenvalue weighted by Gasteiger charge is 2.05. The van der Waals surface area contributed by atoms with Crippen molar-refractivity contribution < 1.29 is 0 Å². The molecule has 62 valence electrons. The normalized spacial score (nSPS) is 12.0. The summed E-state index contributed by atoms with van der Waals surface area (Å²) >= 11 is 5.00. The number of nitrogens with zero attached hydrogens (tertiary/aromatic N) is 1. The molecular weight excluding hydrogens is 170 g/mol. The number of hydrogen-bond donors (Lipinski definition) is 2. The van der Waals surface area contributed by atoms with Crippen LogP contribution in [0.3, 0.4) is 0 Å². The Hall–Kier alpha value is -1.18. The molecule has 0 aromatic carbocycles. The van der Waals surface area contributed by atoms with E-state index in [1.165, 1.54) is 0 Å². The van der Waals surface area contributed by atoms with Crippen molar-refractivity contribution in [2.45, 2.75) is 12.5 Å². The Morgan fingerprint density at radius 3 is 3.08 bits per heavy atom. The van der Waals surface area contributed by atoms with E-state index in [1.807, 2.05) is 18.2 Å². The van der Waals surface area contributed by atoms with E-state index >= 15 is 0 Å². The Morgan fingerprint density at radius 1 is 1.75 bits per heavy atom. The summed E-state index contributed by atoms with van der Waals surface area (Å²) in [4.78, 5) is 2.86. The van der Waals surface area contributed by atoms with Crippen molar-refractivity contribution in [3.63, 3.8) is 0 Å². The summed E-state index contributed by atoms with van der Waals surface area (Å²) in [5, 5.41) is 8.41. The Kier molecular flexibility index (Phi) is 2.97. The van der Waals surface area contributed by atoms with Crippen LogP contribution in [-0.2, 0) is 0 Å². The lowest BCUT2D eigenvalue weighted by Gasteiger charge is -2.06. The van der Waals surface area contributed by atoms with Gasteiger partial charge in [0.25, 0.3) is 0 Å². The highest BCUT2D eigenvalue weighted by atomic mass is 32.1. The number of hydrogen-bond acceptors (Lipinski definition) is 3. The van der Waals surface area contributed by atoms with Crippen LogP contribution in [0.2, 0.25) is 0 Å². The Labute approximate surface area is 75.8 Å². The van der Waals surface area contributed by atoms with Crippen molar-refractivity contribution in [1.29, 1.82) is 5.26 Å². The monoisotopic (exact) mass is 179 g/mol. The summed E-state index contributed by atoms with van der Waals surface area (Å²) < 4.78 is 0.611. The molecule has 3 nitrogen and oxygen atoms in total. The van der Waals surface area contributed by atoms with E-state index in [0.717, 1.165) is 5.56 Å². The lowest BCUT2D eigenvalue weighted by Crippen LogP contribution is -2.10. The molecule has 1 aromatic rings. The summed E-state index contributed by atoms with van der Waals surface area (Å²) in [6.45, 7) is 0. The molecule has 0 aliphatic heterocycles. The van der Waals surface area contributed by atoms with E-state index in [9.17, 15) is 0 Å². The van der Waals surface area contributed by atoms with Gasteiger partial charge in [-0.15, -0.1) is 0 Å². The van der Waals surface area contributed by atoms with Gasteiger partial charge < -0.3 is 10.7 Å². The topological polar surface area (TPSA) is 65.6 Å². The SMILES string of the molecule is N#CC[C@@H](N)c1ccc[nH]c1=S. The third kappa shape index (κ3) is 1.91. The standard InChI is InChI=1S/C8H9N3S/c9-4-3-7(10)6-2-1-5-11-8(6)12/h1-2,5,7H,3,10H2,(H,11,12)/t7-/m1/s1. The average molecular weight is 179 g/mol. The molecule has 1 aromatic heterocycles. The molecule has 0 saturated carbocycles. The van der Waals surface area contributed by atoms with Gasteiger partial charge in [0.05, 0.1) is 12.5 Å². The van der Waals surface area contributed by atoms with Crippen molar-refractivity contribution in [1.82, 2.24) is 4.98 Å². The molecule has 0 bridgehead atoms. The van der Waals surface area contributed by atoms with Crippen LogP contribution in [0.25, 0.3) is 0 Å². The summed E-state index contributed by atoms with van der Waals surface area (Å²) in [5.41, 5.74) is 6.52. The molecule has 12 heavy (non-hydrogen) atoms. The summed E-state index contributed by atoms with van der Waals surface area (Å²) in [7, 11) is 0. The van der Waals surface area contributed by atoms with Gasteiger partial charge in [0.2, 0.25) is 0 Å². The zero-order chi connectivity index (χ0) is 8.97. The highest BCUT2D eigenvalue weighted by Crippen LogP contribution is 2.12. The first-order valence-electron chi connectivity index (χ1n) is 3.56. The summed E-state index contributed by atoms with van der Waals surface area (Å²) in [6, 6.07) is 5.39. The largest absolute Gasteiger partial charge is 0.353 e. The average Bonchev–Trinajstić information content (AvgIpc) is 2.05. The molecule has 0 aliphatic rings. The molecule has 1 atom stereocenters. The number of aromatic nitrogens is 1. The van der Waals surface area contributed by atoms with Crippen LogP contribution in [0.5, 0.6) is 0 Å². The number of rotatable bonds is 2. The van der Waals surface area contributed by atoms with Gasteiger partial charge in [-0.1, -0.05) is 18.3 Å². The molecule has 0 radical (unpaired) electrons. The smallest absolute Gasteiger partial charge is 0.108 e. The number of nitrogens with one attached hydrogen (secondary N) is 1. The van der Waals surface area contributed by atoms with E-state index in [4.69, 9.17) is 23.2 Å². The first-order chi connectivity index (χ1) is 5.75. The van der Waals surface area contributed by atoms with Gasteiger partial charge >= 0.3 is 0 Å². The van der Waals surface area contributed by atoms with Gasteiger partial charge in [0.1, 0.15) is 4.64 Å². The van der Waals surface area contributed by atoms with E-state index in [2.05, 4.69) is 4.98 Å². The van der Waals surface area contributed by atoms with Crippen molar-refractivity contribution >= 4 is 12.2 Å². The quantitative estimate of drug-likeness (QED) is 0.678. The van der Waals surface area contributed by atoms with Gasteiger partial charge in [-0.05, 0) is 6.07 Å². The van der Waals surface area contributed by atoms with Gasteiger partial charge in [-0.2, -0.15) is 5.26 Å². The van der Waals surface area contributed by atoms with Crippen molar-refractivity contribution in [2.24, 2.45) is 5.73 Å².